The average Bonchev–Trinajstić information content (AvgIpc) is 3.03. The Morgan fingerprint density at radius 3 is 2.28 bits per heavy atom. The van der Waals surface area contributed by atoms with Crippen LogP contribution in [0.25, 0.3) is 0 Å². The number of carbonyl (C=O) groups excluding carboxylic acids is 2. The van der Waals surface area contributed by atoms with Gasteiger partial charge in [0.25, 0.3) is 5.91 Å². The molecule has 2 amide bonds. The summed E-state index contributed by atoms with van der Waals surface area (Å²) in [5, 5.41) is 0.887. The van der Waals surface area contributed by atoms with Crippen molar-refractivity contribution in [2.75, 3.05) is 50.8 Å². The topological polar surface area (TPSA) is 62.3 Å². The molecule has 3 fully saturated rings. The molecule has 3 aromatic rings. The number of carbonyl (C=O) groups is 2. The zero-order valence-electron chi connectivity index (χ0n) is 23.8. The van der Waals surface area contributed by atoms with Gasteiger partial charge in [-0.15, -0.1) is 0 Å². The molecule has 43 heavy (non-hydrogen) atoms. The van der Waals surface area contributed by atoms with Gasteiger partial charge in [0.15, 0.2) is 0 Å². The molecular weight excluding hydrogens is 592 g/mol. The van der Waals surface area contributed by atoms with Gasteiger partial charge in [0.1, 0.15) is 18.0 Å². The van der Waals surface area contributed by atoms with Crippen LogP contribution in [-0.2, 0) is 25.4 Å². The maximum absolute atomic E-state index is 13.9. The number of rotatable bonds is 7. The van der Waals surface area contributed by atoms with Crippen LogP contribution in [0.3, 0.4) is 0 Å². The van der Waals surface area contributed by atoms with Crippen LogP contribution in [0.15, 0.2) is 72.8 Å². The van der Waals surface area contributed by atoms with Crippen LogP contribution in [0.5, 0.6) is 0 Å². The maximum atomic E-state index is 13.9. The summed E-state index contributed by atoms with van der Waals surface area (Å²) in [7, 11) is 0. The fourth-order valence-electron chi connectivity index (χ4n) is 6.66. The van der Waals surface area contributed by atoms with Gasteiger partial charge in [0, 0.05) is 31.9 Å². The third kappa shape index (κ3) is 5.98. The molecule has 0 radical (unpaired) electrons. The molecule has 1 atom stereocenters. The van der Waals surface area contributed by atoms with Gasteiger partial charge in [0.2, 0.25) is 0 Å². The van der Waals surface area contributed by atoms with Crippen molar-refractivity contribution in [1.29, 1.82) is 0 Å². The molecule has 6 rings (SSSR count). The molecule has 7 nitrogen and oxygen atoms in total. The van der Waals surface area contributed by atoms with Gasteiger partial charge in [-0.2, -0.15) is 0 Å². The Kier molecular flexibility index (Phi) is 8.65. The summed E-state index contributed by atoms with van der Waals surface area (Å²) in [6.45, 7) is 3.44. The van der Waals surface area contributed by atoms with Crippen molar-refractivity contribution in [3.63, 3.8) is 0 Å². The quantitative estimate of drug-likeness (QED) is 0.295. The lowest BCUT2D eigenvalue weighted by atomic mass is 9.78. The first-order valence-electron chi connectivity index (χ1n) is 14.7. The summed E-state index contributed by atoms with van der Waals surface area (Å²) in [6, 6.07) is 21.6. The first kappa shape index (κ1) is 29.9. The standard InChI is InChI=1S/C33H34Cl2FN3O4/c34-28-12-9-25(21-29(28)35)33(23-38(30(40)22-43-33)27-5-2-1-3-6-27)15-19-37-17-13-32(14-18-37,24-7-10-26(36)11-8-24)39-16-4-20-42-31(39)41/h1-3,5-12,21H,4,13-20,22-23H2. The van der Waals surface area contributed by atoms with Crippen LogP contribution in [-0.4, -0.2) is 67.7 Å². The fourth-order valence-corrected chi connectivity index (χ4v) is 6.96. The van der Waals surface area contributed by atoms with E-state index in [0.717, 1.165) is 36.3 Å². The van der Waals surface area contributed by atoms with Crippen molar-refractivity contribution in [2.45, 2.75) is 36.8 Å². The van der Waals surface area contributed by atoms with E-state index in [0.29, 0.717) is 55.5 Å². The summed E-state index contributed by atoms with van der Waals surface area (Å²) in [5.74, 6) is -0.405. The van der Waals surface area contributed by atoms with Crippen LogP contribution in [0.2, 0.25) is 10.0 Å². The minimum Gasteiger partial charge on any atom is -0.449 e. The molecule has 3 aromatic carbocycles. The smallest absolute Gasteiger partial charge is 0.410 e. The number of amides is 2. The molecule has 0 N–H and O–H groups in total. The first-order valence-corrected chi connectivity index (χ1v) is 15.4. The van der Waals surface area contributed by atoms with E-state index in [4.69, 9.17) is 32.7 Å². The van der Waals surface area contributed by atoms with E-state index in [1.165, 1.54) is 12.1 Å². The number of nitrogens with zero attached hydrogens (tertiary/aromatic N) is 3. The SMILES string of the molecule is O=C1COC(CCN2CCC(c3ccc(F)cc3)(N3CCCOC3=O)CC2)(c2ccc(Cl)c(Cl)c2)CN1c1ccccc1. The second-order valence-electron chi connectivity index (χ2n) is 11.5. The highest BCUT2D eigenvalue weighted by Gasteiger charge is 2.47. The summed E-state index contributed by atoms with van der Waals surface area (Å²) in [4.78, 5) is 31.9. The Bertz CT molecular complexity index is 1470. The number of piperidine rings is 1. The number of cyclic esters (lactones) is 1. The van der Waals surface area contributed by atoms with E-state index in [1.54, 1.807) is 23.1 Å². The molecule has 0 aliphatic carbocycles. The lowest BCUT2D eigenvalue weighted by Gasteiger charge is -2.50. The zero-order valence-corrected chi connectivity index (χ0v) is 25.3. The van der Waals surface area contributed by atoms with Crippen molar-refractivity contribution in [3.05, 3.63) is 99.8 Å². The van der Waals surface area contributed by atoms with E-state index in [9.17, 15) is 14.0 Å². The highest BCUT2D eigenvalue weighted by molar-refractivity contribution is 6.42. The molecule has 3 aliphatic heterocycles. The summed E-state index contributed by atoms with van der Waals surface area (Å²) in [5.41, 5.74) is 1.23. The molecule has 0 aromatic heterocycles. The number of morpholine rings is 1. The molecular formula is C33H34Cl2FN3O4. The van der Waals surface area contributed by atoms with E-state index in [-0.39, 0.29) is 24.4 Å². The number of anilines is 1. The Balaban J connectivity index is 1.24. The van der Waals surface area contributed by atoms with Crippen molar-refractivity contribution in [2.24, 2.45) is 0 Å². The predicted molar refractivity (Wildman–Crippen MR) is 164 cm³/mol. The molecule has 226 valence electrons. The molecule has 3 saturated heterocycles. The third-order valence-corrected chi connectivity index (χ3v) is 9.82. The molecule has 10 heteroatoms. The van der Waals surface area contributed by atoms with Crippen molar-refractivity contribution in [1.82, 2.24) is 9.80 Å². The minimum absolute atomic E-state index is 0.0557. The minimum atomic E-state index is -0.805. The lowest BCUT2D eigenvalue weighted by Crippen LogP contribution is -2.58. The van der Waals surface area contributed by atoms with Crippen molar-refractivity contribution < 1.29 is 23.5 Å². The van der Waals surface area contributed by atoms with Crippen LogP contribution in [0.4, 0.5) is 14.9 Å². The maximum Gasteiger partial charge on any atom is 0.410 e. The Morgan fingerprint density at radius 1 is 0.860 bits per heavy atom. The van der Waals surface area contributed by atoms with Crippen LogP contribution in [0, 0.1) is 5.82 Å². The van der Waals surface area contributed by atoms with E-state index in [1.807, 2.05) is 47.4 Å². The number of benzene rings is 3. The average molecular weight is 627 g/mol. The fraction of sp³-hybridized carbons (Fsp3) is 0.394. The van der Waals surface area contributed by atoms with E-state index < -0.39 is 11.1 Å². The van der Waals surface area contributed by atoms with Gasteiger partial charge < -0.3 is 19.3 Å². The van der Waals surface area contributed by atoms with Gasteiger partial charge in [-0.25, -0.2) is 9.18 Å². The largest absolute Gasteiger partial charge is 0.449 e. The first-order chi connectivity index (χ1) is 20.8. The van der Waals surface area contributed by atoms with Gasteiger partial charge >= 0.3 is 6.09 Å². The van der Waals surface area contributed by atoms with Crippen LogP contribution < -0.4 is 4.90 Å². The zero-order chi connectivity index (χ0) is 30.0. The van der Waals surface area contributed by atoms with Gasteiger partial charge in [-0.05, 0) is 73.2 Å². The molecule has 0 bridgehead atoms. The summed E-state index contributed by atoms with van der Waals surface area (Å²) in [6.07, 6.45) is 2.42. The van der Waals surface area contributed by atoms with Gasteiger partial charge in [-0.1, -0.05) is 59.6 Å². The van der Waals surface area contributed by atoms with Crippen LogP contribution in [0.1, 0.15) is 36.8 Å². The number of hydrogen-bond donors (Lipinski definition) is 0. The normalized spacial score (nSPS) is 22.9. The summed E-state index contributed by atoms with van der Waals surface area (Å²) < 4.78 is 25.7. The number of ether oxygens (including phenoxy) is 2. The van der Waals surface area contributed by atoms with E-state index >= 15 is 0 Å². The Labute approximate surface area is 261 Å². The molecule has 0 saturated carbocycles. The van der Waals surface area contributed by atoms with Crippen molar-refractivity contribution >= 4 is 40.9 Å². The highest BCUT2D eigenvalue weighted by atomic mass is 35.5. The number of para-hydroxylation sites is 1. The van der Waals surface area contributed by atoms with Gasteiger partial charge in [-0.3, -0.25) is 9.69 Å². The van der Waals surface area contributed by atoms with Gasteiger partial charge in [0.05, 0.1) is 28.7 Å². The Hall–Kier alpha value is -3.17. The monoisotopic (exact) mass is 625 g/mol. The number of likely N-dealkylation sites (tertiary alicyclic amines) is 1. The predicted octanol–water partition coefficient (Wildman–Crippen LogP) is 6.61. The molecule has 0 spiro atoms. The van der Waals surface area contributed by atoms with Crippen LogP contribution >= 0.6 is 23.2 Å². The van der Waals surface area contributed by atoms with Crippen molar-refractivity contribution in [3.8, 4) is 0 Å². The van der Waals surface area contributed by atoms with E-state index in [2.05, 4.69) is 4.90 Å². The third-order valence-electron chi connectivity index (χ3n) is 9.09. The lowest BCUT2D eigenvalue weighted by molar-refractivity contribution is -0.141. The Morgan fingerprint density at radius 2 is 1.58 bits per heavy atom. The second kappa shape index (κ2) is 12.4. The molecule has 3 aliphatic rings. The number of hydrogen-bond acceptors (Lipinski definition) is 5. The second-order valence-corrected chi connectivity index (χ2v) is 12.3. The molecule has 3 heterocycles. The highest BCUT2D eigenvalue weighted by Crippen LogP contribution is 2.42. The summed E-state index contributed by atoms with van der Waals surface area (Å²) >= 11 is 12.7. The number of halogens is 3. The molecule has 1 unspecified atom stereocenters.